The molecule has 27 heavy (non-hydrogen) atoms. The van der Waals surface area contributed by atoms with Crippen LogP contribution in [0.5, 0.6) is 0 Å². The van der Waals surface area contributed by atoms with Crippen LogP contribution in [0.4, 0.5) is 5.69 Å². The monoisotopic (exact) mass is 362 g/mol. The molecule has 1 N–H and O–H groups in total. The fraction of sp³-hybridized carbons (Fsp3) is 0.227. The smallest absolute Gasteiger partial charge is 0.339 e. The Labute approximate surface area is 158 Å². The average molecular weight is 362 g/mol. The molecule has 0 aliphatic carbocycles. The van der Waals surface area contributed by atoms with Crippen LogP contribution in [0.3, 0.4) is 0 Å². The van der Waals surface area contributed by atoms with E-state index in [-0.39, 0.29) is 5.91 Å². The number of benzene rings is 2. The van der Waals surface area contributed by atoms with Crippen molar-refractivity contribution in [3.8, 4) is 0 Å². The number of pyridine rings is 1. The highest BCUT2D eigenvalue weighted by Crippen LogP contribution is 2.27. The van der Waals surface area contributed by atoms with Gasteiger partial charge in [0.15, 0.2) is 0 Å². The lowest BCUT2D eigenvalue weighted by Gasteiger charge is -2.20. The van der Waals surface area contributed by atoms with Crippen LogP contribution in [-0.4, -0.2) is 22.5 Å². The topological polar surface area (TPSA) is 68.3 Å². The Morgan fingerprint density at radius 1 is 0.963 bits per heavy atom. The van der Waals surface area contributed by atoms with Crippen molar-refractivity contribution in [1.29, 1.82) is 0 Å². The van der Waals surface area contributed by atoms with Gasteiger partial charge in [0.1, 0.15) is 5.60 Å². The Morgan fingerprint density at radius 2 is 1.70 bits per heavy atom. The normalized spacial score (nSPS) is 11.3. The molecule has 3 rings (SSSR count). The van der Waals surface area contributed by atoms with E-state index < -0.39 is 11.6 Å². The summed E-state index contributed by atoms with van der Waals surface area (Å²) in [5.74, 6) is -0.637. The molecule has 0 aliphatic heterocycles. The fourth-order valence-electron chi connectivity index (χ4n) is 2.80. The molecule has 0 aliphatic rings. The number of aromatic nitrogens is 1. The van der Waals surface area contributed by atoms with Crippen LogP contribution in [0.25, 0.3) is 10.9 Å². The molecule has 1 aromatic heterocycles. The highest BCUT2D eigenvalue weighted by Gasteiger charge is 2.21. The van der Waals surface area contributed by atoms with E-state index in [4.69, 9.17) is 4.74 Å². The van der Waals surface area contributed by atoms with Crippen molar-refractivity contribution < 1.29 is 14.3 Å². The molecule has 0 unspecified atom stereocenters. The average Bonchev–Trinajstić information content (AvgIpc) is 2.60. The number of aryl methyl sites for hydroxylation is 1. The molecule has 3 aromatic rings. The maximum atomic E-state index is 12.7. The Balaban J connectivity index is 1.99. The Kier molecular flexibility index (Phi) is 4.95. The van der Waals surface area contributed by atoms with E-state index in [0.29, 0.717) is 27.7 Å². The van der Waals surface area contributed by atoms with Gasteiger partial charge < -0.3 is 10.1 Å². The van der Waals surface area contributed by atoms with Gasteiger partial charge in [-0.2, -0.15) is 0 Å². The number of fused-ring (bicyclic) bond motifs is 1. The third kappa shape index (κ3) is 4.14. The number of anilines is 1. The van der Waals surface area contributed by atoms with Gasteiger partial charge >= 0.3 is 5.97 Å². The van der Waals surface area contributed by atoms with E-state index in [1.54, 1.807) is 36.5 Å². The third-order valence-electron chi connectivity index (χ3n) is 4.03. The van der Waals surface area contributed by atoms with Crippen LogP contribution in [0.2, 0.25) is 0 Å². The molecule has 0 saturated carbocycles. The van der Waals surface area contributed by atoms with Crippen molar-refractivity contribution in [1.82, 2.24) is 4.98 Å². The number of hydrogen-bond donors (Lipinski definition) is 1. The predicted octanol–water partition coefficient (Wildman–Crippen LogP) is 4.75. The van der Waals surface area contributed by atoms with Crippen LogP contribution >= 0.6 is 0 Å². The van der Waals surface area contributed by atoms with E-state index in [1.807, 2.05) is 45.9 Å². The third-order valence-corrected chi connectivity index (χ3v) is 4.03. The van der Waals surface area contributed by atoms with Gasteiger partial charge in [0.05, 0.1) is 16.8 Å². The lowest BCUT2D eigenvalue weighted by atomic mass is 10.1. The number of carbonyl (C=O) groups is 2. The van der Waals surface area contributed by atoms with E-state index in [9.17, 15) is 9.59 Å². The van der Waals surface area contributed by atoms with Crippen molar-refractivity contribution in [3.05, 3.63) is 71.4 Å². The summed E-state index contributed by atoms with van der Waals surface area (Å²) in [6.45, 7) is 7.35. The second-order valence-corrected chi connectivity index (χ2v) is 7.33. The first-order chi connectivity index (χ1) is 12.8. The van der Waals surface area contributed by atoms with Gasteiger partial charge in [-0.15, -0.1) is 0 Å². The summed E-state index contributed by atoms with van der Waals surface area (Å²) in [5.41, 5.74) is 2.40. The van der Waals surface area contributed by atoms with E-state index in [2.05, 4.69) is 10.3 Å². The van der Waals surface area contributed by atoms with Gasteiger partial charge in [-0.3, -0.25) is 9.78 Å². The van der Waals surface area contributed by atoms with Gasteiger partial charge in [-0.25, -0.2) is 4.79 Å². The minimum Gasteiger partial charge on any atom is -0.456 e. The Bertz CT molecular complexity index is 1020. The highest BCUT2D eigenvalue weighted by atomic mass is 16.6. The zero-order valence-corrected chi connectivity index (χ0v) is 15.9. The molecule has 0 spiro atoms. The standard InChI is InChI=1S/C22H22N2O3/c1-14-8-5-6-9-15(14)20(25)24-18-12-11-17(21(26)27-22(2,3)4)16-10-7-13-23-19(16)18/h5-13H,1-4H3,(H,24,25). The molecular formula is C22H22N2O3. The summed E-state index contributed by atoms with van der Waals surface area (Å²) in [6, 6.07) is 14.3. The molecule has 5 heteroatoms. The quantitative estimate of drug-likeness (QED) is 0.683. The maximum Gasteiger partial charge on any atom is 0.339 e. The number of amides is 1. The van der Waals surface area contributed by atoms with Crippen molar-refractivity contribution >= 4 is 28.5 Å². The number of ether oxygens (including phenoxy) is 1. The van der Waals surface area contributed by atoms with Gasteiger partial charge in [0, 0.05) is 17.1 Å². The second-order valence-electron chi connectivity index (χ2n) is 7.33. The van der Waals surface area contributed by atoms with Crippen LogP contribution in [0.1, 0.15) is 47.1 Å². The molecule has 0 atom stereocenters. The van der Waals surface area contributed by atoms with Crippen LogP contribution in [-0.2, 0) is 4.74 Å². The molecule has 2 aromatic carbocycles. The maximum absolute atomic E-state index is 12.7. The zero-order chi connectivity index (χ0) is 19.6. The number of nitrogens with one attached hydrogen (secondary N) is 1. The summed E-state index contributed by atoms with van der Waals surface area (Å²) in [6.07, 6.45) is 1.63. The minimum absolute atomic E-state index is 0.218. The molecule has 5 nitrogen and oxygen atoms in total. The lowest BCUT2D eigenvalue weighted by molar-refractivity contribution is 0.00718. The molecule has 0 saturated heterocycles. The predicted molar refractivity (Wildman–Crippen MR) is 106 cm³/mol. The summed E-state index contributed by atoms with van der Waals surface area (Å²) < 4.78 is 5.48. The highest BCUT2D eigenvalue weighted by molar-refractivity contribution is 6.12. The molecule has 0 bridgehead atoms. The van der Waals surface area contributed by atoms with Crippen molar-refractivity contribution in [2.75, 3.05) is 5.32 Å². The number of carbonyl (C=O) groups excluding carboxylic acids is 2. The van der Waals surface area contributed by atoms with Gasteiger partial charge in [0.25, 0.3) is 5.91 Å². The van der Waals surface area contributed by atoms with Crippen LogP contribution in [0.15, 0.2) is 54.7 Å². The van der Waals surface area contributed by atoms with Crippen molar-refractivity contribution in [2.45, 2.75) is 33.3 Å². The number of rotatable bonds is 3. The van der Waals surface area contributed by atoms with Crippen LogP contribution in [0, 0.1) is 6.92 Å². The first-order valence-electron chi connectivity index (χ1n) is 8.74. The first-order valence-corrected chi connectivity index (χ1v) is 8.74. The molecule has 1 heterocycles. The molecule has 1 amide bonds. The van der Waals surface area contributed by atoms with Crippen molar-refractivity contribution in [2.24, 2.45) is 0 Å². The fourth-order valence-corrected chi connectivity index (χ4v) is 2.80. The SMILES string of the molecule is Cc1ccccc1C(=O)Nc1ccc(C(=O)OC(C)(C)C)c2cccnc12. The summed E-state index contributed by atoms with van der Waals surface area (Å²) in [5, 5.41) is 3.54. The number of nitrogens with zero attached hydrogens (tertiary/aromatic N) is 1. The van der Waals surface area contributed by atoms with Gasteiger partial charge in [-0.05, 0) is 57.5 Å². The largest absolute Gasteiger partial charge is 0.456 e. The first kappa shape index (κ1) is 18.6. The minimum atomic E-state index is -0.594. The Hall–Kier alpha value is -3.21. The van der Waals surface area contributed by atoms with E-state index >= 15 is 0 Å². The van der Waals surface area contributed by atoms with Crippen molar-refractivity contribution in [3.63, 3.8) is 0 Å². The zero-order valence-electron chi connectivity index (χ0n) is 15.9. The van der Waals surface area contributed by atoms with E-state index in [1.165, 1.54) is 0 Å². The molecule has 138 valence electrons. The van der Waals surface area contributed by atoms with Crippen LogP contribution < -0.4 is 5.32 Å². The van der Waals surface area contributed by atoms with Gasteiger partial charge in [-0.1, -0.05) is 24.3 Å². The number of esters is 1. The summed E-state index contributed by atoms with van der Waals surface area (Å²) in [4.78, 5) is 29.6. The summed E-state index contributed by atoms with van der Waals surface area (Å²) >= 11 is 0. The Morgan fingerprint density at radius 3 is 2.41 bits per heavy atom. The molecule has 0 fully saturated rings. The summed E-state index contributed by atoms with van der Waals surface area (Å²) in [7, 11) is 0. The number of hydrogen-bond acceptors (Lipinski definition) is 4. The van der Waals surface area contributed by atoms with E-state index in [0.717, 1.165) is 5.56 Å². The molecular weight excluding hydrogens is 340 g/mol. The van der Waals surface area contributed by atoms with Gasteiger partial charge in [0.2, 0.25) is 0 Å². The lowest BCUT2D eigenvalue weighted by Crippen LogP contribution is -2.24. The molecule has 0 radical (unpaired) electrons. The second kappa shape index (κ2) is 7.19.